The van der Waals surface area contributed by atoms with Crippen LogP contribution < -0.4 is 4.74 Å². The highest BCUT2D eigenvalue weighted by molar-refractivity contribution is 6.23. The Balaban J connectivity index is 1.80. The molecule has 1 aromatic rings. The number of hydrogen-bond acceptors (Lipinski definition) is 5. The highest BCUT2D eigenvalue weighted by Crippen LogP contribution is 2.29. The van der Waals surface area contributed by atoms with Crippen molar-refractivity contribution < 1.29 is 23.9 Å². The predicted octanol–water partition coefficient (Wildman–Crippen LogP) is 3.60. The number of carbonyl (C=O) groups excluding carboxylic acids is 3. The van der Waals surface area contributed by atoms with Gasteiger partial charge in [0.25, 0.3) is 0 Å². The van der Waals surface area contributed by atoms with Gasteiger partial charge in [-0.25, -0.2) is 4.79 Å². The molecule has 132 valence electrons. The summed E-state index contributed by atoms with van der Waals surface area (Å²) in [5.74, 6) is -0.298. The molecule has 1 aliphatic carbocycles. The number of rotatable bonds is 9. The zero-order valence-corrected chi connectivity index (χ0v) is 14.4. The Morgan fingerprint density at radius 1 is 1.00 bits per heavy atom. The number of ketones is 2. The molecule has 0 fully saturated rings. The molecule has 5 nitrogen and oxygen atoms in total. The summed E-state index contributed by atoms with van der Waals surface area (Å²) in [5.41, 5.74) is 1.58. The van der Waals surface area contributed by atoms with E-state index in [2.05, 4.69) is 6.58 Å². The summed E-state index contributed by atoms with van der Waals surface area (Å²) in [6.45, 7) is 6.00. The second-order valence-electron chi connectivity index (χ2n) is 5.83. The van der Waals surface area contributed by atoms with Crippen molar-refractivity contribution in [1.29, 1.82) is 0 Å². The molecule has 0 spiro atoms. The lowest BCUT2D eigenvalue weighted by Gasteiger charge is -2.17. The van der Waals surface area contributed by atoms with Crippen LogP contribution in [0.4, 0.5) is 0 Å². The van der Waals surface area contributed by atoms with E-state index in [0.29, 0.717) is 30.1 Å². The highest BCUT2D eigenvalue weighted by Gasteiger charge is 2.25. The Morgan fingerprint density at radius 2 is 1.64 bits per heavy atom. The number of aryl methyl sites for hydroxylation is 1. The standard InChI is InChI=1S/C20H22O5/c1-3-18(23)25-13-7-5-4-6-12-24-17-11-8-14(2)19-15(21)9-10-16(22)20(17)19/h3,8-11H,1,4-7,12-13H2,2H3. The van der Waals surface area contributed by atoms with E-state index in [1.807, 2.05) is 6.92 Å². The van der Waals surface area contributed by atoms with Gasteiger partial charge in [0, 0.05) is 11.6 Å². The largest absolute Gasteiger partial charge is 0.493 e. The minimum Gasteiger partial charge on any atom is -0.493 e. The molecule has 25 heavy (non-hydrogen) atoms. The monoisotopic (exact) mass is 342 g/mol. The predicted molar refractivity (Wildman–Crippen MR) is 94.1 cm³/mol. The van der Waals surface area contributed by atoms with Crippen molar-refractivity contribution in [2.75, 3.05) is 13.2 Å². The third kappa shape index (κ3) is 4.89. The van der Waals surface area contributed by atoms with Crippen LogP contribution in [0.1, 0.15) is 52.0 Å². The molecule has 0 radical (unpaired) electrons. The highest BCUT2D eigenvalue weighted by atomic mass is 16.5. The number of fused-ring (bicyclic) bond motifs is 1. The average Bonchev–Trinajstić information content (AvgIpc) is 2.61. The van der Waals surface area contributed by atoms with Gasteiger partial charge in [-0.05, 0) is 56.4 Å². The summed E-state index contributed by atoms with van der Waals surface area (Å²) in [6, 6.07) is 3.54. The first-order valence-corrected chi connectivity index (χ1v) is 8.37. The molecule has 0 bridgehead atoms. The van der Waals surface area contributed by atoms with Crippen LogP contribution in [0.15, 0.2) is 36.9 Å². The molecule has 0 aliphatic heterocycles. The lowest BCUT2D eigenvalue weighted by molar-refractivity contribution is -0.137. The minimum atomic E-state index is -0.402. The van der Waals surface area contributed by atoms with E-state index < -0.39 is 5.97 Å². The lowest BCUT2D eigenvalue weighted by atomic mass is 9.90. The van der Waals surface area contributed by atoms with Crippen LogP contribution >= 0.6 is 0 Å². The van der Waals surface area contributed by atoms with Crippen molar-refractivity contribution in [3.8, 4) is 5.75 Å². The fraction of sp³-hybridized carbons (Fsp3) is 0.350. The first-order chi connectivity index (χ1) is 12.0. The van der Waals surface area contributed by atoms with Crippen LogP contribution in [0.5, 0.6) is 5.75 Å². The topological polar surface area (TPSA) is 69.7 Å². The van der Waals surface area contributed by atoms with Gasteiger partial charge in [0.05, 0.1) is 18.8 Å². The molecule has 0 atom stereocenters. The van der Waals surface area contributed by atoms with Crippen molar-refractivity contribution >= 4 is 17.5 Å². The third-order valence-corrected chi connectivity index (χ3v) is 3.96. The van der Waals surface area contributed by atoms with Gasteiger partial charge in [0.2, 0.25) is 0 Å². The average molecular weight is 342 g/mol. The number of unbranched alkanes of at least 4 members (excludes halogenated alkanes) is 3. The Hall–Kier alpha value is -2.69. The molecule has 0 saturated heterocycles. The SMILES string of the molecule is C=CC(=O)OCCCCCCOc1ccc(C)c2c1C(=O)C=CC2=O. The van der Waals surface area contributed by atoms with Crippen LogP contribution in [0.25, 0.3) is 0 Å². The Bertz CT molecular complexity index is 715. The first-order valence-electron chi connectivity index (χ1n) is 8.37. The molecule has 0 unspecified atom stereocenters. The fourth-order valence-electron chi connectivity index (χ4n) is 2.66. The fourth-order valence-corrected chi connectivity index (χ4v) is 2.66. The van der Waals surface area contributed by atoms with Crippen molar-refractivity contribution in [3.63, 3.8) is 0 Å². The number of benzene rings is 1. The van der Waals surface area contributed by atoms with Crippen LogP contribution in [-0.4, -0.2) is 30.7 Å². The summed E-state index contributed by atoms with van der Waals surface area (Å²) in [7, 11) is 0. The van der Waals surface area contributed by atoms with Gasteiger partial charge in [-0.2, -0.15) is 0 Å². The van der Waals surface area contributed by atoms with Crippen molar-refractivity contribution in [2.24, 2.45) is 0 Å². The van der Waals surface area contributed by atoms with Gasteiger partial charge in [-0.1, -0.05) is 12.6 Å². The van der Waals surface area contributed by atoms with Gasteiger partial charge >= 0.3 is 5.97 Å². The first kappa shape index (κ1) is 18.6. The molecule has 2 rings (SSSR count). The van der Waals surface area contributed by atoms with E-state index in [9.17, 15) is 14.4 Å². The van der Waals surface area contributed by atoms with E-state index in [1.165, 1.54) is 12.2 Å². The van der Waals surface area contributed by atoms with Gasteiger partial charge in [-0.15, -0.1) is 0 Å². The quantitative estimate of drug-likeness (QED) is 0.390. The molecule has 0 amide bonds. The summed E-state index contributed by atoms with van der Waals surface area (Å²) >= 11 is 0. The summed E-state index contributed by atoms with van der Waals surface area (Å²) in [6.07, 6.45) is 7.19. The van der Waals surface area contributed by atoms with Crippen molar-refractivity contribution in [1.82, 2.24) is 0 Å². The second kappa shape index (κ2) is 8.97. The van der Waals surface area contributed by atoms with Crippen LogP contribution in [0.3, 0.4) is 0 Å². The minimum absolute atomic E-state index is 0.161. The smallest absolute Gasteiger partial charge is 0.330 e. The number of carbonyl (C=O) groups is 3. The molecule has 0 saturated carbocycles. The molecule has 5 heteroatoms. The normalized spacial score (nSPS) is 12.7. The molecule has 0 aromatic heterocycles. The van der Waals surface area contributed by atoms with Crippen molar-refractivity contribution in [2.45, 2.75) is 32.6 Å². The number of esters is 1. The molecular weight excluding hydrogens is 320 g/mol. The summed E-state index contributed by atoms with van der Waals surface area (Å²) < 4.78 is 10.6. The Morgan fingerprint density at radius 3 is 2.32 bits per heavy atom. The number of hydrogen-bond donors (Lipinski definition) is 0. The zero-order chi connectivity index (χ0) is 18.2. The molecular formula is C20H22O5. The van der Waals surface area contributed by atoms with E-state index >= 15 is 0 Å². The van der Waals surface area contributed by atoms with E-state index in [0.717, 1.165) is 37.3 Å². The molecule has 1 aliphatic rings. The Kier molecular flexibility index (Phi) is 6.69. The Labute approximate surface area is 147 Å². The molecule has 0 heterocycles. The molecule has 1 aromatic carbocycles. The van der Waals surface area contributed by atoms with Crippen LogP contribution in [0, 0.1) is 6.92 Å². The second-order valence-corrected chi connectivity index (χ2v) is 5.83. The maximum absolute atomic E-state index is 12.1. The maximum Gasteiger partial charge on any atom is 0.330 e. The zero-order valence-electron chi connectivity index (χ0n) is 14.4. The molecule has 0 N–H and O–H groups in total. The maximum atomic E-state index is 12.1. The summed E-state index contributed by atoms with van der Waals surface area (Å²) in [5, 5.41) is 0. The van der Waals surface area contributed by atoms with Gasteiger partial charge in [0.15, 0.2) is 11.6 Å². The van der Waals surface area contributed by atoms with Gasteiger partial charge in [-0.3, -0.25) is 9.59 Å². The van der Waals surface area contributed by atoms with Crippen LogP contribution in [0.2, 0.25) is 0 Å². The van der Waals surface area contributed by atoms with Gasteiger partial charge < -0.3 is 9.47 Å². The van der Waals surface area contributed by atoms with E-state index in [-0.39, 0.29) is 11.6 Å². The van der Waals surface area contributed by atoms with Gasteiger partial charge in [0.1, 0.15) is 5.75 Å². The third-order valence-electron chi connectivity index (χ3n) is 3.96. The van der Waals surface area contributed by atoms with Crippen LogP contribution in [-0.2, 0) is 9.53 Å². The number of ether oxygens (including phenoxy) is 2. The van der Waals surface area contributed by atoms with E-state index in [4.69, 9.17) is 9.47 Å². The number of allylic oxidation sites excluding steroid dienone is 2. The van der Waals surface area contributed by atoms with Crippen molar-refractivity contribution in [3.05, 3.63) is 53.6 Å². The lowest BCUT2D eigenvalue weighted by Crippen LogP contribution is -2.15. The van der Waals surface area contributed by atoms with E-state index in [1.54, 1.807) is 12.1 Å². The summed E-state index contributed by atoms with van der Waals surface area (Å²) in [4.78, 5) is 35.0.